The van der Waals surface area contributed by atoms with Crippen molar-refractivity contribution in [1.82, 2.24) is 9.80 Å². The van der Waals surface area contributed by atoms with Crippen molar-refractivity contribution in [2.45, 2.75) is 13.1 Å². The number of urea groups is 1. The highest BCUT2D eigenvalue weighted by Gasteiger charge is 2.15. The number of hydrogen-bond donors (Lipinski definition) is 1. The SMILES string of the molecule is CN(Cc1ccccc1Cl)C(=O)Nc1ccccc1CN1CCSCC1. The van der Waals surface area contributed by atoms with Crippen LogP contribution in [0, 0.1) is 0 Å². The lowest BCUT2D eigenvalue weighted by Gasteiger charge is -2.27. The molecule has 0 aromatic heterocycles. The average Bonchev–Trinajstić information content (AvgIpc) is 2.66. The first kappa shape index (κ1) is 19.1. The molecule has 2 amide bonds. The zero-order chi connectivity index (χ0) is 18.4. The quantitative estimate of drug-likeness (QED) is 0.814. The van der Waals surface area contributed by atoms with Gasteiger partial charge in [-0.15, -0.1) is 0 Å². The Labute approximate surface area is 164 Å². The summed E-state index contributed by atoms with van der Waals surface area (Å²) in [6, 6.07) is 15.5. The molecule has 1 heterocycles. The highest BCUT2D eigenvalue weighted by atomic mass is 35.5. The number of para-hydroxylation sites is 1. The first-order valence-electron chi connectivity index (χ1n) is 8.77. The smallest absolute Gasteiger partial charge is 0.321 e. The van der Waals surface area contributed by atoms with Crippen molar-refractivity contribution in [3.63, 3.8) is 0 Å². The van der Waals surface area contributed by atoms with E-state index in [4.69, 9.17) is 11.6 Å². The van der Waals surface area contributed by atoms with Crippen LogP contribution in [0.4, 0.5) is 10.5 Å². The van der Waals surface area contributed by atoms with Gasteiger partial charge < -0.3 is 10.2 Å². The largest absolute Gasteiger partial charge is 0.323 e. The second-order valence-corrected chi connectivity index (χ2v) is 8.06. The van der Waals surface area contributed by atoms with E-state index in [1.807, 2.05) is 54.2 Å². The standard InChI is InChI=1S/C20H24ClN3OS/c1-23(14-16-6-2-4-8-18(16)21)20(25)22-19-9-5-3-7-17(19)15-24-10-12-26-13-11-24/h2-9H,10-15H2,1H3,(H,22,25). The van der Waals surface area contributed by atoms with Gasteiger partial charge in [-0.05, 0) is 23.3 Å². The van der Waals surface area contributed by atoms with Gasteiger partial charge in [-0.1, -0.05) is 48.0 Å². The lowest BCUT2D eigenvalue weighted by Crippen LogP contribution is -2.33. The van der Waals surface area contributed by atoms with Gasteiger partial charge in [-0.3, -0.25) is 4.90 Å². The van der Waals surface area contributed by atoms with Gasteiger partial charge in [0.25, 0.3) is 0 Å². The second-order valence-electron chi connectivity index (χ2n) is 6.42. The molecule has 1 aliphatic heterocycles. The Morgan fingerprint density at radius 3 is 2.50 bits per heavy atom. The Morgan fingerprint density at radius 2 is 1.77 bits per heavy atom. The molecule has 0 radical (unpaired) electrons. The summed E-state index contributed by atoms with van der Waals surface area (Å²) < 4.78 is 0. The minimum atomic E-state index is -0.133. The average molecular weight is 390 g/mol. The number of nitrogens with zero attached hydrogens (tertiary/aromatic N) is 2. The lowest BCUT2D eigenvalue weighted by atomic mass is 10.1. The topological polar surface area (TPSA) is 35.6 Å². The van der Waals surface area contributed by atoms with E-state index in [-0.39, 0.29) is 6.03 Å². The Morgan fingerprint density at radius 1 is 1.12 bits per heavy atom. The fourth-order valence-electron chi connectivity index (χ4n) is 2.94. The number of anilines is 1. The molecule has 3 rings (SSSR count). The van der Waals surface area contributed by atoms with E-state index >= 15 is 0 Å². The van der Waals surface area contributed by atoms with Gasteiger partial charge in [0.05, 0.1) is 0 Å². The van der Waals surface area contributed by atoms with Crippen LogP contribution in [0.25, 0.3) is 0 Å². The first-order valence-corrected chi connectivity index (χ1v) is 10.3. The number of carbonyl (C=O) groups excluding carboxylic acids is 1. The van der Waals surface area contributed by atoms with Gasteiger partial charge in [0, 0.05) is 55.4 Å². The normalized spacial score (nSPS) is 14.8. The third-order valence-electron chi connectivity index (χ3n) is 4.47. The van der Waals surface area contributed by atoms with Gasteiger partial charge in [0.2, 0.25) is 0 Å². The number of nitrogens with one attached hydrogen (secondary N) is 1. The molecule has 4 nitrogen and oxygen atoms in total. The lowest BCUT2D eigenvalue weighted by molar-refractivity contribution is 0.220. The van der Waals surface area contributed by atoms with Crippen LogP contribution in [-0.4, -0.2) is 47.5 Å². The van der Waals surface area contributed by atoms with Crippen LogP contribution >= 0.6 is 23.4 Å². The van der Waals surface area contributed by atoms with E-state index in [1.54, 1.807) is 11.9 Å². The summed E-state index contributed by atoms with van der Waals surface area (Å²) in [6.45, 7) is 3.53. The molecule has 0 spiro atoms. The number of amides is 2. The number of hydrogen-bond acceptors (Lipinski definition) is 3. The van der Waals surface area contributed by atoms with Crippen LogP contribution in [0.5, 0.6) is 0 Å². The molecule has 26 heavy (non-hydrogen) atoms. The van der Waals surface area contributed by atoms with Crippen molar-refractivity contribution in [2.75, 3.05) is 37.0 Å². The molecule has 0 atom stereocenters. The van der Waals surface area contributed by atoms with E-state index in [0.29, 0.717) is 11.6 Å². The predicted octanol–water partition coefficient (Wildman–Crippen LogP) is 4.55. The molecule has 0 unspecified atom stereocenters. The predicted molar refractivity (Wildman–Crippen MR) is 111 cm³/mol. The Hall–Kier alpha value is -1.69. The fraction of sp³-hybridized carbons (Fsp3) is 0.350. The number of rotatable bonds is 5. The molecule has 138 valence electrons. The molecule has 0 bridgehead atoms. The summed E-state index contributed by atoms with van der Waals surface area (Å²) in [5.74, 6) is 2.35. The second kappa shape index (κ2) is 9.31. The highest BCUT2D eigenvalue weighted by molar-refractivity contribution is 7.99. The van der Waals surface area contributed by atoms with Gasteiger partial charge in [0.15, 0.2) is 0 Å². The minimum absolute atomic E-state index is 0.133. The Bertz CT molecular complexity index is 749. The molecule has 0 aliphatic carbocycles. The summed E-state index contributed by atoms with van der Waals surface area (Å²) >= 11 is 8.20. The molecule has 1 saturated heterocycles. The van der Waals surface area contributed by atoms with Crippen molar-refractivity contribution in [1.29, 1.82) is 0 Å². The van der Waals surface area contributed by atoms with Crippen molar-refractivity contribution >= 4 is 35.1 Å². The Kier molecular flexibility index (Phi) is 6.83. The zero-order valence-corrected chi connectivity index (χ0v) is 16.5. The molecular weight excluding hydrogens is 366 g/mol. The van der Waals surface area contributed by atoms with Gasteiger partial charge in [0.1, 0.15) is 0 Å². The minimum Gasteiger partial charge on any atom is -0.323 e. The van der Waals surface area contributed by atoms with Crippen LogP contribution in [0.3, 0.4) is 0 Å². The Balaban J connectivity index is 1.64. The van der Waals surface area contributed by atoms with Gasteiger partial charge in [-0.25, -0.2) is 4.79 Å². The van der Waals surface area contributed by atoms with Gasteiger partial charge in [-0.2, -0.15) is 11.8 Å². The molecule has 0 saturated carbocycles. The summed E-state index contributed by atoms with van der Waals surface area (Å²) in [7, 11) is 1.78. The summed E-state index contributed by atoms with van der Waals surface area (Å²) in [5, 5.41) is 3.73. The van der Waals surface area contributed by atoms with E-state index < -0.39 is 0 Å². The molecule has 1 fully saturated rings. The van der Waals surface area contributed by atoms with Crippen molar-refractivity contribution in [3.8, 4) is 0 Å². The van der Waals surface area contributed by atoms with Gasteiger partial charge >= 0.3 is 6.03 Å². The van der Waals surface area contributed by atoms with E-state index in [9.17, 15) is 4.79 Å². The number of carbonyl (C=O) groups is 1. The molecule has 6 heteroatoms. The summed E-state index contributed by atoms with van der Waals surface area (Å²) in [4.78, 5) is 16.7. The van der Waals surface area contributed by atoms with Crippen molar-refractivity contribution < 1.29 is 4.79 Å². The van der Waals surface area contributed by atoms with E-state index in [2.05, 4.69) is 16.3 Å². The highest BCUT2D eigenvalue weighted by Crippen LogP contribution is 2.21. The van der Waals surface area contributed by atoms with Crippen molar-refractivity contribution in [3.05, 3.63) is 64.7 Å². The zero-order valence-electron chi connectivity index (χ0n) is 15.0. The number of halogens is 1. The molecule has 1 N–H and O–H groups in total. The van der Waals surface area contributed by atoms with Crippen LogP contribution in [0.15, 0.2) is 48.5 Å². The van der Waals surface area contributed by atoms with Crippen molar-refractivity contribution in [2.24, 2.45) is 0 Å². The summed E-state index contributed by atoms with van der Waals surface area (Å²) in [5.41, 5.74) is 2.96. The molecule has 1 aliphatic rings. The van der Waals surface area contributed by atoms with E-state index in [0.717, 1.165) is 36.4 Å². The monoisotopic (exact) mass is 389 g/mol. The van der Waals surface area contributed by atoms with Crippen LogP contribution in [0.2, 0.25) is 5.02 Å². The van der Waals surface area contributed by atoms with Crippen LogP contribution in [-0.2, 0) is 13.1 Å². The first-order chi connectivity index (χ1) is 12.6. The third-order valence-corrected chi connectivity index (χ3v) is 5.78. The third kappa shape index (κ3) is 5.16. The number of thioether (sulfide) groups is 1. The fourth-order valence-corrected chi connectivity index (χ4v) is 4.12. The maximum absolute atomic E-state index is 12.6. The molecular formula is C20H24ClN3OS. The molecule has 2 aromatic carbocycles. The maximum atomic E-state index is 12.6. The van der Waals surface area contributed by atoms with E-state index in [1.165, 1.54) is 11.5 Å². The maximum Gasteiger partial charge on any atom is 0.321 e. The van der Waals surface area contributed by atoms with Crippen LogP contribution < -0.4 is 5.32 Å². The summed E-state index contributed by atoms with van der Waals surface area (Å²) in [6.07, 6.45) is 0. The van der Waals surface area contributed by atoms with Crippen LogP contribution in [0.1, 0.15) is 11.1 Å². The number of benzene rings is 2. The molecule has 2 aromatic rings.